The zero-order valence-electron chi connectivity index (χ0n) is 15.1. The summed E-state index contributed by atoms with van der Waals surface area (Å²) in [5, 5.41) is 0. The van der Waals surface area contributed by atoms with Gasteiger partial charge in [0.05, 0.1) is 0 Å². The van der Waals surface area contributed by atoms with Crippen LogP contribution in [0.1, 0.15) is 96.8 Å². The predicted octanol–water partition coefficient (Wildman–Crippen LogP) is 7.37. The van der Waals surface area contributed by atoms with Crippen LogP contribution in [-0.4, -0.2) is 26.2 Å². The molecule has 0 aromatic heterocycles. The van der Waals surface area contributed by atoms with Crippen molar-refractivity contribution in [2.24, 2.45) is 0 Å². The fourth-order valence-electron chi connectivity index (χ4n) is 2.78. The number of rotatable bonds is 15. The van der Waals surface area contributed by atoms with Crippen molar-refractivity contribution < 1.29 is 0 Å². The van der Waals surface area contributed by atoms with Gasteiger partial charge in [0.25, 0.3) is 0 Å². The molecular formula is C19H42P. The molecular weight excluding hydrogens is 259 g/mol. The van der Waals surface area contributed by atoms with Crippen LogP contribution in [-0.2, 0) is 0 Å². The number of hydrogen-bond acceptors (Lipinski definition) is 0. The van der Waals surface area contributed by atoms with Gasteiger partial charge in [-0.2, -0.15) is 0 Å². The van der Waals surface area contributed by atoms with E-state index in [2.05, 4.69) is 26.9 Å². The highest BCUT2D eigenvalue weighted by atomic mass is 31.2. The van der Waals surface area contributed by atoms with E-state index in [4.69, 9.17) is 0 Å². The van der Waals surface area contributed by atoms with Crippen molar-refractivity contribution >= 4 is 7.26 Å². The van der Waals surface area contributed by atoms with Gasteiger partial charge >= 0.3 is 0 Å². The van der Waals surface area contributed by atoms with Crippen molar-refractivity contribution in [1.82, 2.24) is 0 Å². The van der Waals surface area contributed by atoms with Crippen molar-refractivity contribution in [3.8, 4) is 0 Å². The fourth-order valence-corrected chi connectivity index (χ4v) is 3.95. The summed E-state index contributed by atoms with van der Waals surface area (Å²) in [4.78, 5) is 0. The summed E-state index contributed by atoms with van der Waals surface area (Å²) in [5.41, 5.74) is 0. The van der Waals surface area contributed by atoms with Crippen LogP contribution in [0.5, 0.6) is 0 Å². The van der Waals surface area contributed by atoms with E-state index in [1.54, 1.807) is 0 Å². The Balaban J connectivity index is 2.99. The van der Waals surface area contributed by atoms with E-state index in [0.29, 0.717) is 0 Å². The minimum absolute atomic E-state index is 0.500. The Morgan fingerprint density at radius 1 is 0.450 bits per heavy atom. The fraction of sp³-hybridized carbons (Fsp3) is 1.00. The number of hydrogen-bond donors (Lipinski definition) is 0. The van der Waals surface area contributed by atoms with Gasteiger partial charge in [0, 0.05) is 0 Å². The first-order valence-corrected chi connectivity index (χ1v) is 12.7. The lowest BCUT2D eigenvalue weighted by Crippen LogP contribution is -1.92. The Morgan fingerprint density at radius 2 is 0.750 bits per heavy atom. The lowest BCUT2D eigenvalue weighted by Gasteiger charge is -2.20. The molecule has 0 aliphatic carbocycles. The highest BCUT2D eigenvalue weighted by molar-refractivity contribution is 7.73. The van der Waals surface area contributed by atoms with Crippen LogP contribution in [0.3, 0.4) is 0 Å². The van der Waals surface area contributed by atoms with Gasteiger partial charge in [-0.3, -0.25) is 0 Å². The van der Waals surface area contributed by atoms with E-state index in [0.717, 1.165) is 0 Å². The van der Waals surface area contributed by atoms with Gasteiger partial charge in [-0.15, -0.1) is 7.26 Å². The molecule has 0 aliphatic rings. The van der Waals surface area contributed by atoms with Crippen LogP contribution in [0.4, 0.5) is 0 Å². The summed E-state index contributed by atoms with van der Waals surface area (Å²) in [6.07, 6.45) is 22.1. The molecule has 0 spiro atoms. The molecule has 0 aromatic rings. The molecule has 20 heavy (non-hydrogen) atoms. The second kappa shape index (κ2) is 14.4. The minimum atomic E-state index is -0.500. The van der Waals surface area contributed by atoms with E-state index >= 15 is 0 Å². The standard InChI is InChI=1S/C19H42P/c1-5-6-7-8-9-10-11-12-13-14-15-16-17-18-19-20(2,3)4/h5-19H2,1-4H3. The van der Waals surface area contributed by atoms with Gasteiger partial charge in [-0.25, -0.2) is 0 Å². The van der Waals surface area contributed by atoms with E-state index in [1.807, 2.05) is 0 Å². The lowest BCUT2D eigenvalue weighted by atomic mass is 10.0. The average molecular weight is 302 g/mol. The second-order valence-corrected chi connectivity index (χ2v) is 12.6. The van der Waals surface area contributed by atoms with Gasteiger partial charge in [0.15, 0.2) is 0 Å². The second-order valence-electron chi connectivity index (χ2n) is 7.61. The molecule has 0 aliphatic heterocycles. The van der Waals surface area contributed by atoms with Crippen molar-refractivity contribution in [2.75, 3.05) is 26.2 Å². The predicted molar refractivity (Wildman–Crippen MR) is 99.9 cm³/mol. The van der Waals surface area contributed by atoms with Crippen molar-refractivity contribution in [2.45, 2.75) is 96.8 Å². The number of unbranched alkanes of at least 4 members (excludes halogenated alkanes) is 13. The summed E-state index contributed by atoms with van der Waals surface area (Å²) in [6, 6.07) is 0. The summed E-state index contributed by atoms with van der Waals surface area (Å²) >= 11 is 0. The Kier molecular flexibility index (Phi) is 14.7. The first-order valence-electron chi connectivity index (χ1n) is 9.36. The van der Waals surface area contributed by atoms with E-state index in [-0.39, 0.29) is 0 Å². The Hall–Kier alpha value is 0.430. The SMILES string of the molecule is CCCCCCCCCCCCCCCC[P](C)(C)C. The minimum Gasteiger partial charge on any atom is -0.134 e. The van der Waals surface area contributed by atoms with Crippen LogP contribution in [0.2, 0.25) is 0 Å². The molecule has 0 N–H and O–H groups in total. The molecule has 0 aromatic carbocycles. The molecule has 0 rings (SSSR count). The summed E-state index contributed by atoms with van der Waals surface area (Å²) in [5.74, 6) is 0. The topological polar surface area (TPSA) is 0 Å². The molecule has 1 radical (unpaired) electrons. The third-order valence-corrected chi connectivity index (χ3v) is 5.84. The molecule has 0 saturated heterocycles. The largest absolute Gasteiger partial charge is 0.134 e. The van der Waals surface area contributed by atoms with Gasteiger partial charge in [-0.1, -0.05) is 90.4 Å². The third-order valence-electron chi connectivity index (χ3n) is 4.18. The van der Waals surface area contributed by atoms with E-state index < -0.39 is 7.26 Å². The third kappa shape index (κ3) is 18.4. The van der Waals surface area contributed by atoms with Crippen LogP contribution >= 0.6 is 7.26 Å². The van der Waals surface area contributed by atoms with Gasteiger partial charge in [0.2, 0.25) is 0 Å². The maximum atomic E-state index is 2.47. The van der Waals surface area contributed by atoms with E-state index in [9.17, 15) is 0 Å². The first kappa shape index (κ1) is 20.4. The monoisotopic (exact) mass is 301 g/mol. The van der Waals surface area contributed by atoms with Gasteiger partial charge in [-0.05, 0) is 32.6 Å². The van der Waals surface area contributed by atoms with Crippen LogP contribution in [0.15, 0.2) is 0 Å². The molecule has 0 saturated carbocycles. The Morgan fingerprint density at radius 3 is 1.05 bits per heavy atom. The van der Waals surface area contributed by atoms with Crippen LogP contribution in [0.25, 0.3) is 0 Å². The first-order chi connectivity index (χ1) is 9.56. The molecule has 0 atom stereocenters. The summed E-state index contributed by atoms with van der Waals surface area (Å²) < 4.78 is 0. The molecule has 0 heterocycles. The lowest BCUT2D eigenvalue weighted by molar-refractivity contribution is 0.538. The zero-order valence-corrected chi connectivity index (χ0v) is 15.9. The van der Waals surface area contributed by atoms with Crippen LogP contribution in [0, 0.1) is 0 Å². The Bertz CT molecular complexity index is 181. The van der Waals surface area contributed by atoms with Gasteiger partial charge < -0.3 is 0 Å². The maximum absolute atomic E-state index is 2.47. The maximum Gasteiger partial charge on any atom is -0.0366 e. The quantitative estimate of drug-likeness (QED) is 0.219. The molecule has 0 amide bonds. The highest BCUT2D eigenvalue weighted by Gasteiger charge is 2.05. The van der Waals surface area contributed by atoms with Gasteiger partial charge in [0.1, 0.15) is 0 Å². The van der Waals surface area contributed by atoms with Crippen molar-refractivity contribution in [3.05, 3.63) is 0 Å². The normalized spacial score (nSPS) is 12.0. The van der Waals surface area contributed by atoms with Crippen molar-refractivity contribution in [1.29, 1.82) is 0 Å². The average Bonchev–Trinajstić information content (AvgIpc) is 2.38. The highest BCUT2D eigenvalue weighted by Crippen LogP contribution is 2.47. The zero-order chi connectivity index (χ0) is 15.1. The van der Waals surface area contributed by atoms with E-state index in [1.165, 1.54) is 96.1 Å². The molecule has 0 nitrogen and oxygen atoms in total. The molecule has 1 heteroatoms. The smallest absolute Gasteiger partial charge is 0.0366 e. The Labute approximate surface area is 130 Å². The molecule has 0 unspecified atom stereocenters. The molecule has 0 bridgehead atoms. The van der Waals surface area contributed by atoms with Crippen LogP contribution < -0.4 is 0 Å². The molecule has 0 fully saturated rings. The summed E-state index contributed by atoms with van der Waals surface area (Å²) in [7, 11) is -0.500. The van der Waals surface area contributed by atoms with Crippen molar-refractivity contribution in [3.63, 3.8) is 0 Å². The molecule has 123 valence electrons. The summed E-state index contributed by atoms with van der Waals surface area (Å²) in [6.45, 7) is 9.70.